The molecule has 0 saturated heterocycles. The molecule has 2 aromatic rings. The van der Waals surface area contributed by atoms with Crippen molar-refractivity contribution in [1.82, 2.24) is 0 Å². The smallest absolute Gasteiger partial charge is 0.349 e. The van der Waals surface area contributed by atoms with Crippen molar-refractivity contribution in [2.45, 2.75) is 16.7 Å². The quantitative estimate of drug-likeness (QED) is 0.784. The topological polar surface area (TPSA) is 26.3 Å². The van der Waals surface area contributed by atoms with E-state index >= 15 is 0 Å². The van der Waals surface area contributed by atoms with Gasteiger partial charge in [-0.1, -0.05) is 30.0 Å². The highest BCUT2D eigenvalue weighted by atomic mass is 32.2. The Bertz CT molecular complexity index is 517. The van der Waals surface area contributed by atoms with E-state index in [1.165, 1.54) is 18.4 Å². The SMILES string of the molecule is COC(=O)c1scc(C)c1Sc1ccccc1. The molecule has 0 N–H and O–H groups in total. The minimum absolute atomic E-state index is 0.262. The van der Waals surface area contributed by atoms with Gasteiger partial charge in [0.2, 0.25) is 0 Å². The maximum atomic E-state index is 11.6. The highest BCUT2D eigenvalue weighted by molar-refractivity contribution is 7.99. The molecule has 0 bridgehead atoms. The zero-order valence-electron chi connectivity index (χ0n) is 9.60. The fourth-order valence-electron chi connectivity index (χ4n) is 1.40. The second-order valence-corrected chi connectivity index (χ2v) is 5.45. The molecule has 1 aromatic carbocycles. The van der Waals surface area contributed by atoms with Crippen molar-refractivity contribution in [1.29, 1.82) is 0 Å². The van der Waals surface area contributed by atoms with Crippen LogP contribution in [-0.2, 0) is 4.74 Å². The van der Waals surface area contributed by atoms with Crippen molar-refractivity contribution in [3.63, 3.8) is 0 Å². The molecule has 0 aliphatic carbocycles. The van der Waals surface area contributed by atoms with Gasteiger partial charge in [-0.2, -0.15) is 0 Å². The maximum absolute atomic E-state index is 11.6. The summed E-state index contributed by atoms with van der Waals surface area (Å²) >= 11 is 3.03. The third-order valence-electron chi connectivity index (χ3n) is 2.25. The van der Waals surface area contributed by atoms with Crippen LogP contribution in [0.2, 0.25) is 0 Å². The molecule has 88 valence electrons. The van der Waals surface area contributed by atoms with Crippen molar-refractivity contribution >= 4 is 29.1 Å². The monoisotopic (exact) mass is 264 g/mol. The van der Waals surface area contributed by atoms with Gasteiger partial charge in [-0.3, -0.25) is 0 Å². The number of ether oxygens (including phenoxy) is 1. The fourth-order valence-corrected chi connectivity index (χ4v) is 3.53. The standard InChI is InChI=1S/C13H12O2S2/c1-9-8-16-12(13(14)15-2)11(9)17-10-6-4-3-5-7-10/h3-8H,1-2H3. The predicted octanol–water partition coefficient (Wildman–Crippen LogP) is 3.99. The van der Waals surface area contributed by atoms with Crippen LogP contribution in [0.15, 0.2) is 45.5 Å². The first-order valence-electron chi connectivity index (χ1n) is 5.11. The molecule has 0 amide bonds. The molecule has 0 fully saturated rings. The fraction of sp³-hybridized carbons (Fsp3) is 0.154. The van der Waals surface area contributed by atoms with Gasteiger partial charge in [0.05, 0.1) is 7.11 Å². The second-order valence-electron chi connectivity index (χ2n) is 3.48. The first-order chi connectivity index (χ1) is 8.22. The number of aryl methyl sites for hydroxylation is 1. The summed E-state index contributed by atoms with van der Waals surface area (Å²) in [6.45, 7) is 2.01. The molecule has 1 aromatic heterocycles. The molecular formula is C13H12O2S2. The largest absolute Gasteiger partial charge is 0.465 e. The van der Waals surface area contributed by atoms with E-state index in [0.29, 0.717) is 4.88 Å². The normalized spacial score (nSPS) is 10.2. The van der Waals surface area contributed by atoms with Crippen LogP contribution in [0.4, 0.5) is 0 Å². The Morgan fingerprint density at radius 1 is 1.29 bits per heavy atom. The van der Waals surface area contributed by atoms with E-state index in [9.17, 15) is 4.79 Å². The van der Waals surface area contributed by atoms with Gasteiger partial charge < -0.3 is 4.74 Å². The lowest BCUT2D eigenvalue weighted by Gasteiger charge is -2.03. The Morgan fingerprint density at radius 3 is 2.65 bits per heavy atom. The molecule has 0 aliphatic rings. The number of thiophene rings is 1. The molecule has 0 unspecified atom stereocenters. The van der Waals surface area contributed by atoms with Crippen LogP contribution in [0.25, 0.3) is 0 Å². The number of carbonyl (C=O) groups excluding carboxylic acids is 1. The number of methoxy groups -OCH3 is 1. The van der Waals surface area contributed by atoms with Gasteiger partial charge in [0.1, 0.15) is 4.88 Å². The minimum atomic E-state index is -0.262. The number of benzene rings is 1. The molecule has 0 spiro atoms. The van der Waals surface area contributed by atoms with Gasteiger partial charge >= 0.3 is 5.97 Å². The number of carbonyl (C=O) groups is 1. The van der Waals surface area contributed by atoms with E-state index in [1.807, 2.05) is 42.6 Å². The van der Waals surface area contributed by atoms with Crippen LogP contribution in [0.1, 0.15) is 15.2 Å². The molecule has 0 saturated carbocycles. The predicted molar refractivity (Wildman–Crippen MR) is 71.0 cm³/mol. The van der Waals surface area contributed by atoms with Gasteiger partial charge in [0.15, 0.2) is 0 Å². The average Bonchev–Trinajstić information content (AvgIpc) is 2.72. The van der Waals surface area contributed by atoms with Crippen LogP contribution in [-0.4, -0.2) is 13.1 Å². The first-order valence-corrected chi connectivity index (χ1v) is 6.81. The van der Waals surface area contributed by atoms with Gasteiger partial charge in [-0.25, -0.2) is 4.79 Å². The van der Waals surface area contributed by atoms with Crippen molar-refractivity contribution in [3.05, 3.63) is 46.2 Å². The minimum Gasteiger partial charge on any atom is -0.465 e. The summed E-state index contributed by atoms with van der Waals surface area (Å²) < 4.78 is 4.79. The lowest BCUT2D eigenvalue weighted by atomic mass is 10.3. The molecule has 2 nitrogen and oxygen atoms in total. The molecule has 0 aliphatic heterocycles. The Morgan fingerprint density at radius 2 is 2.00 bits per heavy atom. The second kappa shape index (κ2) is 5.38. The molecule has 2 rings (SSSR count). The van der Waals surface area contributed by atoms with E-state index in [-0.39, 0.29) is 5.97 Å². The van der Waals surface area contributed by atoms with Crippen molar-refractivity contribution in [2.75, 3.05) is 7.11 Å². The van der Waals surface area contributed by atoms with Crippen molar-refractivity contribution in [2.24, 2.45) is 0 Å². The van der Waals surface area contributed by atoms with E-state index in [4.69, 9.17) is 4.74 Å². The lowest BCUT2D eigenvalue weighted by molar-refractivity contribution is 0.0602. The number of esters is 1. The summed E-state index contributed by atoms with van der Waals surface area (Å²) in [6.07, 6.45) is 0. The van der Waals surface area contributed by atoms with Crippen LogP contribution in [0, 0.1) is 6.92 Å². The van der Waals surface area contributed by atoms with Crippen LogP contribution < -0.4 is 0 Å². The zero-order chi connectivity index (χ0) is 12.3. The third-order valence-corrected chi connectivity index (χ3v) is 4.70. The number of hydrogen-bond donors (Lipinski definition) is 0. The maximum Gasteiger partial charge on any atom is 0.349 e. The van der Waals surface area contributed by atoms with Crippen LogP contribution in [0.5, 0.6) is 0 Å². The van der Waals surface area contributed by atoms with Crippen LogP contribution in [0.3, 0.4) is 0 Å². The van der Waals surface area contributed by atoms with E-state index in [1.54, 1.807) is 11.8 Å². The first kappa shape index (κ1) is 12.2. The van der Waals surface area contributed by atoms with Crippen molar-refractivity contribution < 1.29 is 9.53 Å². The third kappa shape index (κ3) is 2.70. The summed E-state index contributed by atoms with van der Waals surface area (Å²) in [4.78, 5) is 14.4. The summed E-state index contributed by atoms with van der Waals surface area (Å²) in [5.41, 5.74) is 1.12. The van der Waals surface area contributed by atoms with Gasteiger partial charge in [-0.05, 0) is 30.0 Å². The Kier molecular flexibility index (Phi) is 3.86. The Hall–Kier alpha value is -1.26. The molecule has 0 atom stereocenters. The van der Waals surface area contributed by atoms with Gasteiger partial charge in [0, 0.05) is 9.79 Å². The molecule has 1 heterocycles. The molecule has 0 radical (unpaired) electrons. The van der Waals surface area contributed by atoms with Crippen LogP contribution >= 0.6 is 23.1 Å². The number of rotatable bonds is 3. The molecular weight excluding hydrogens is 252 g/mol. The van der Waals surface area contributed by atoms with E-state index in [0.717, 1.165) is 15.4 Å². The summed E-state index contributed by atoms with van der Waals surface area (Å²) in [5.74, 6) is -0.262. The average molecular weight is 264 g/mol. The highest BCUT2D eigenvalue weighted by Gasteiger charge is 2.17. The highest BCUT2D eigenvalue weighted by Crippen LogP contribution is 2.36. The van der Waals surface area contributed by atoms with E-state index < -0.39 is 0 Å². The summed E-state index contributed by atoms with van der Waals surface area (Å²) in [7, 11) is 1.41. The molecule has 17 heavy (non-hydrogen) atoms. The summed E-state index contributed by atoms with van der Waals surface area (Å²) in [6, 6.07) is 10.0. The summed E-state index contributed by atoms with van der Waals surface area (Å²) in [5, 5.41) is 1.98. The lowest BCUT2D eigenvalue weighted by Crippen LogP contribution is -1.99. The van der Waals surface area contributed by atoms with Crippen molar-refractivity contribution in [3.8, 4) is 0 Å². The number of hydrogen-bond acceptors (Lipinski definition) is 4. The van der Waals surface area contributed by atoms with E-state index in [2.05, 4.69) is 0 Å². The zero-order valence-corrected chi connectivity index (χ0v) is 11.2. The Labute approximate surface area is 109 Å². The van der Waals surface area contributed by atoms with Gasteiger partial charge in [-0.15, -0.1) is 11.3 Å². The molecule has 4 heteroatoms. The Balaban J connectivity index is 2.32. The van der Waals surface area contributed by atoms with Gasteiger partial charge in [0.25, 0.3) is 0 Å².